The van der Waals surface area contributed by atoms with Gasteiger partial charge in [0.05, 0.1) is 5.60 Å². The summed E-state index contributed by atoms with van der Waals surface area (Å²) in [6, 6.07) is 4.25. The molecule has 0 aromatic carbocycles. The molecule has 1 aliphatic heterocycles. The van der Waals surface area contributed by atoms with E-state index in [4.69, 9.17) is 4.74 Å². The highest BCUT2D eigenvalue weighted by Crippen LogP contribution is 2.24. The van der Waals surface area contributed by atoms with Crippen molar-refractivity contribution >= 4 is 11.3 Å². The van der Waals surface area contributed by atoms with Crippen molar-refractivity contribution in [2.45, 2.75) is 31.9 Å². The van der Waals surface area contributed by atoms with Gasteiger partial charge in [0.2, 0.25) is 0 Å². The maximum Gasteiger partial charge on any atom is 0.0779 e. The third kappa shape index (κ3) is 2.56. The van der Waals surface area contributed by atoms with Gasteiger partial charge < -0.3 is 10.1 Å². The van der Waals surface area contributed by atoms with Crippen LogP contribution in [-0.4, -0.2) is 18.8 Å². The second-order valence-electron chi connectivity index (χ2n) is 4.08. The Balaban J connectivity index is 1.72. The zero-order valence-corrected chi connectivity index (χ0v) is 9.40. The minimum absolute atomic E-state index is 0.0806. The average molecular weight is 211 g/mol. The van der Waals surface area contributed by atoms with Crippen molar-refractivity contribution in [3.05, 3.63) is 22.4 Å². The standard InChI is InChI=1S/C11H17NOS/c1-11(5-3-6-13-11)9-12-8-10-4-2-7-14-10/h2,4,7,12H,3,5-6,8-9H2,1H3. The van der Waals surface area contributed by atoms with E-state index in [0.717, 1.165) is 19.7 Å². The number of ether oxygens (including phenoxy) is 1. The molecule has 1 N–H and O–H groups in total. The average Bonchev–Trinajstić information content (AvgIpc) is 2.77. The van der Waals surface area contributed by atoms with E-state index in [-0.39, 0.29) is 5.60 Å². The van der Waals surface area contributed by atoms with Crippen LogP contribution < -0.4 is 5.32 Å². The third-order valence-electron chi connectivity index (χ3n) is 2.68. The van der Waals surface area contributed by atoms with Crippen molar-refractivity contribution in [2.75, 3.05) is 13.2 Å². The maximum atomic E-state index is 5.70. The van der Waals surface area contributed by atoms with Crippen LogP contribution in [0.4, 0.5) is 0 Å². The molecule has 1 saturated heterocycles. The summed E-state index contributed by atoms with van der Waals surface area (Å²) in [7, 11) is 0. The molecule has 0 saturated carbocycles. The molecular formula is C11H17NOS. The lowest BCUT2D eigenvalue weighted by molar-refractivity contribution is 0.0207. The van der Waals surface area contributed by atoms with Crippen molar-refractivity contribution in [2.24, 2.45) is 0 Å². The zero-order chi connectivity index (χ0) is 9.86. The van der Waals surface area contributed by atoms with Crippen LogP contribution in [0.25, 0.3) is 0 Å². The number of hydrogen-bond acceptors (Lipinski definition) is 3. The molecule has 0 spiro atoms. The molecule has 2 nitrogen and oxygen atoms in total. The van der Waals surface area contributed by atoms with Crippen LogP contribution in [0.5, 0.6) is 0 Å². The molecule has 78 valence electrons. The van der Waals surface area contributed by atoms with Gasteiger partial charge >= 0.3 is 0 Å². The van der Waals surface area contributed by atoms with Crippen LogP contribution in [0, 0.1) is 0 Å². The van der Waals surface area contributed by atoms with Crippen molar-refractivity contribution in [3.63, 3.8) is 0 Å². The Morgan fingerprint density at radius 1 is 1.64 bits per heavy atom. The Morgan fingerprint density at radius 3 is 3.21 bits per heavy atom. The van der Waals surface area contributed by atoms with E-state index < -0.39 is 0 Å². The van der Waals surface area contributed by atoms with E-state index in [1.807, 2.05) is 0 Å². The van der Waals surface area contributed by atoms with Gasteiger partial charge in [-0.05, 0) is 31.2 Å². The van der Waals surface area contributed by atoms with Gasteiger partial charge in [-0.15, -0.1) is 11.3 Å². The smallest absolute Gasteiger partial charge is 0.0779 e. The number of thiophene rings is 1. The lowest BCUT2D eigenvalue weighted by atomic mass is 10.0. The van der Waals surface area contributed by atoms with Crippen LogP contribution in [-0.2, 0) is 11.3 Å². The summed E-state index contributed by atoms with van der Waals surface area (Å²) in [6.45, 7) is 5.06. The molecule has 1 fully saturated rings. The van der Waals surface area contributed by atoms with Gasteiger partial charge in [0.25, 0.3) is 0 Å². The summed E-state index contributed by atoms with van der Waals surface area (Å²) in [4.78, 5) is 1.39. The van der Waals surface area contributed by atoms with Crippen LogP contribution in [0.15, 0.2) is 17.5 Å². The van der Waals surface area contributed by atoms with Crippen molar-refractivity contribution in [1.82, 2.24) is 5.32 Å². The quantitative estimate of drug-likeness (QED) is 0.825. The number of rotatable bonds is 4. The zero-order valence-electron chi connectivity index (χ0n) is 8.58. The van der Waals surface area contributed by atoms with Crippen molar-refractivity contribution < 1.29 is 4.74 Å². The summed E-state index contributed by atoms with van der Waals surface area (Å²) in [6.07, 6.45) is 2.39. The fourth-order valence-electron chi connectivity index (χ4n) is 1.84. The summed E-state index contributed by atoms with van der Waals surface area (Å²) in [5.74, 6) is 0. The van der Waals surface area contributed by atoms with E-state index in [9.17, 15) is 0 Å². The Hall–Kier alpha value is -0.380. The van der Waals surface area contributed by atoms with Gasteiger partial charge in [0.1, 0.15) is 0 Å². The van der Waals surface area contributed by atoms with Crippen LogP contribution >= 0.6 is 11.3 Å². The molecule has 2 rings (SSSR count). The molecular weight excluding hydrogens is 194 g/mol. The molecule has 0 aliphatic carbocycles. The minimum atomic E-state index is 0.0806. The van der Waals surface area contributed by atoms with E-state index in [1.165, 1.54) is 17.7 Å². The number of hydrogen-bond donors (Lipinski definition) is 1. The maximum absolute atomic E-state index is 5.70. The summed E-state index contributed by atoms with van der Waals surface area (Å²) < 4.78 is 5.70. The first-order chi connectivity index (χ1) is 6.79. The second kappa shape index (κ2) is 4.43. The van der Waals surface area contributed by atoms with Crippen LogP contribution in [0.2, 0.25) is 0 Å². The first kappa shape index (κ1) is 10.1. The SMILES string of the molecule is CC1(CNCc2cccs2)CCCO1. The van der Waals surface area contributed by atoms with Gasteiger partial charge in [0, 0.05) is 24.6 Å². The Bertz CT molecular complexity index is 265. The Kier molecular flexibility index (Phi) is 3.21. The van der Waals surface area contributed by atoms with Gasteiger partial charge in [-0.3, -0.25) is 0 Å². The van der Waals surface area contributed by atoms with Gasteiger partial charge in [-0.2, -0.15) is 0 Å². The predicted octanol–water partition coefficient (Wildman–Crippen LogP) is 2.41. The van der Waals surface area contributed by atoms with Gasteiger partial charge in [0.15, 0.2) is 0 Å². The molecule has 3 heteroatoms. The van der Waals surface area contributed by atoms with Gasteiger partial charge in [-0.25, -0.2) is 0 Å². The van der Waals surface area contributed by atoms with Crippen molar-refractivity contribution in [3.8, 4) is 0 Å². The molecule has 1 unspecified atom stereocenters. The second-order valence-corrected chi connectivity index (χ2v) is 5.12. The first-order valence-electron chi connectivity index (χ1n) is 5.16. The Morgan fingerprint density at radius 2 is 2.57 bits per heavy atom. The third-order valence-corrected chi connectivity index (χ3v) is 3.56. The molecule has 0 radical (unpaired) electrons. The lowest BCUT2D eigenvalue weighted by Crippen LogP contribution is -2.36. The highest BCUT2D eigenvalue weighted by atomic mass is 32.1. The van der Waals surface area contributed by atoms with E-state index in [1.54, 1.807) is 11.3 Å². The number of nitrogens with one attached hydrogen (secondary N) is 1. The molecule has 1 aliphatic rings. The topological polar surface area (TPSA) is 21.3 Å². The molecule has 1 aromatic heterocycles. The van der Waals surface area contributed by atoms with Crippen LogP contribution in [0.1, 0.15) is 24.6 Å². The Labute approximate surface area is 89.3 Å². The molecule has 14 heavy (non-hydrogen) atoms. The summed E-state index contributed by atoms with van der Waals surface area (Å²) in [5, 5.41) is 5.57. The largest absolute Gasteiger partial charge is 0.374 e. The van der Waals surface area contributed by atoms with E-state index in [2.05, 4.69) is 29.8 Å². The fourth-order valence-corrected chi connectivity index (χ4v) is 2.51. The molecule has 0 amide bonds. The normalized spacial score (nSPS) is 26.9. The highest BCUT2D eigenvalue weighted by molar-refractivity contribution is 7.09. The molecule has 2 heterocycles. The van der Waals surface area contributed by atoms with E-state index >= 15 is 0 Å². The van der Waals surface area contributed by atoms with Gasteiger partial charge in [-0.1, -0.05) is 6.07 Å². The minimum Gasteiger partial charge on any atom is -0.374 e. The summed E-state index contributed by atoms with van der Waals surface area (Å²) >= 11 is 1.80. The summed E-state index contributed by atoms with van der Waals surface area (Å²) in [5.41, 5.74) is 0.0806. The lowest BCUT2D eigenvalue weighted by Gasteiger charge is -2.23. The molecule has 1 aromatic rings. The van der Waals surface area contributed by atoms with E-state index in [0.29, 0.717) is 0 Å². The fraction of sp³-hybridized carbons (Fsp3) is 0.636. The highest BCUT2D eigenvalue weighted by Gasteiger charge is 2.28. The monoisotopic (exact) mass is 211 g/mol. The molecule has 1 atom stereocenters. The molecule has 0 bridgehead atoms. The first-order valence-corrected chi connectivity index (χ1v) is 6.04. The van der Waals surface area contributed by atoms with Crippen molar-refractivity contribution in [1.29, 1.82) is 0 Å². The van der Waals surface area contributed by atoms with Crippen LogP contribution in [0.3, 0.4) is 0 Å². The predicted molar refractivity (Wildman–Crippen MR) is 59.6 cm³/mol.